The molecule has 0 spiro atoms. The molecule has 0 atom stereocenters. The predicted molar refractivity (Wildman–Crippen MR) is 66.0 cm³/mol. The van der Waals surface area contributed by atoms with Gasteiger partial charge in [0.05, 0.1) is 0 Å². The van der Waals surface area contributed by atoms with Crippen molar-refractivity contribution in [1.82, 2.24) is 0 Å². The Kier molecular flexibility index (Phi) is 2.65. The van der Waals surface area contributed by atoms with Crippen molar-refractivity contribution in [2.45, 2.75) is 6.92 Å². The van der Waals surface area contributed by atoms with Crippen LogP contribution in [-0.4, -0.2) is 0 Å². The van der Waals surface area contributed by atoms with Crippen molar-refractivity contribution in [3.63, 3.8) is 0 Å². The molecule has 15 heavy (non-hydrogen) atoms. The lowest BCUT2D eigenvalue weighted by Crippen LogP contribution is -1.91. The summed E-state index contributed by atoms with van der Waals surface area (Å²) < 4.78 is 0. The molecule has 1 nitrogen and oxygen atoms in total. The molecular formula is C13H12ClN. The minimum absolute atomic E-state index is 0.750. The van der Waals surface area contributed by atoms with E-state index in [2.05, 4.69) is 6.07 Å². The van der Waals surface area contributed by atoms with Crippen molar-refractivity contribution in [1.29, 1.82) is 0 Å². The number of benzene rings is 2. The molecule has 2 rings (SSSR count). The maximum absolute atomic E-state index is 5.86. The van der Waals surface area contributed by atoms with E-state index in [1.54, 1.807) is 0 Å². The molecule has 0 aliphatic heterocycles. The van der Waals surface area contributed by atoms with Gasteiger partial charge in [0.25, 0.3) is 0 Å². The Bertz CT molecular complexity index is 474. The van der Waals surface area contributed by atoms with Crippen LogP contribution in [0.4, 0.5) is 5.69 Å². The standard InChI is InChI=1S/C13H12ClN/c1-9-12(3-2-4-13(9)15)10-5-7-11(14)8-6-10/h2-8H,15H2,1H3. The third-order valence-corrected chi connectivity index (χ3v) is 2.78. The molecule has 76 valence electrons. The molecule has 2 aromatic rings. The van der Waals surface area contributed by atoms with E-state index in [0.29, 0.717) is 0 Å². The quantitative estimate of drug-likeness (QED) is 0.721. The first kappa shape index (κ1) is 10.1. The Morgan fingerprint density at radius 3 is 2.33 bits per heavy atom. The van der Waals surface area contributed by atoms with Crippen molar-refractivity contribution in [2.75, 3.05) is 5.73 Å². The van der Waals surface area contributed by atoms with Crippen LogP contribution in [0.3, 0.4) is 0 Å². The van der Waals surface area contributed by atoms with Crippen LogP contribution in [0.5, 0.6) is 0 Å². The Hall–Kier alpha value is -1.47. The van der Waals surface area contributed by atoms with Crippen LogP contribution >= 0.6 is 11.6 Å². The van der Waals surface area contributed by atoms with Gasteiger partial charge in [0.1, 0.15) is 0 Å². The summed E-state index contributed by atoms with van der Waals surface area (Å²) in [6.45, 7) is 2.03. The number of nitrogen functional groups attached to an aromatic ring is 1. The molecule has 0 aliphatic rings. The number of nitrogens with two attached hydrogens (primary N) is 1. The minimum Gasteiger partial charge on any atom is -0.398 e. The molecule has 0 radical (unpaired) electrons. The zero-order chi connectivity index (χ0) is 10.8. The molecule has 0 saturated heterocycles. The van der Waals surface area contributed by atoms with E-state index in [-0.39, 0.29) is 0 Å². The maximum atomic E-state index is 5.86. The van der Waals surface area contributed by atoms with Crippen LogP contribution in [0.15, 0.2) is 42.5 Å². The first-order valence-electron chi connectivity index (χ1n) is 4.79. The number of hydrogen-bond acceptors (Lipinski definition) is 1. The summed E-state index contributed by atoms with van der Waals surface area (Å²) >= 11 is 5.85. The summed E-state index contributed by atoms with van der Waals surface area (Å²) in [5, 5.41) is 0.750. The van der Waals surface area contributed by atoms with E-state index in [0.717, 1.165) is 27.4 Å². The van der Waals surface area contributed by atoms with Gasteiger partial charge in [-0.3, -0.25) is 0 Å². The first-order chi connectivity index (χ1) is 7.18. The van der Waals surface area contributed by atoms with E-state index in [4.69, 9.17) is 17.3 Å². The third kappa shape index (κ3) is 1.97. The second-order valence-electron chi connectivity index (χ2n) is 3.53. The van der Waals surface area contributed by atoms with Gasteiger partial charge in [0.15, 0.2) is 0 Å². The van der Waals surface area contributed by atoms with Gasteiger partial charge in [-0.1, -0.05) is 35.9 Å². The van der Waals surface area contributed by atoms with Crippen molar-refractivity contribution < 1.29 is 0 Å². The lowest BCUT2D eigenvalue weighted by atomic mass is 9.99. The van der Waals surface area contributed by atoms with Crippen LogP contribution in [0.25, 0.3) is 11.1 Å². The normalized spacial score (nSPS) is 10.3. The van der Waals surface area contributed by atoms with Crippen LogP contribution in [0, 0.1) is 6.92 Å². The predicted octanol–water partition coefficient (Wildman–Crippen LogP) is 3.90. The molecule has 0 unspecified atom stereocenters. The lowest BCUT2D eigenvalue weighted by molar-refractivity contribution is 1.46. The lowest BCUT2D eigenvalue weighted by Gasteiger charge is -2.08. The number of rotatable bonds is 1. The highest BCUT2D eigenvalue weighted by atomic mass is 35.5. The monoisotopic (exact) mass is 217 g/mol. The van der Waals surface area contributed by atoms with E-state index in [1.165, 1.54) is 0 Å². The van der Waals surface area contributed by atoms with Crippen molar-refractivity contribution in [2.24, 2.45) is 0 Å². The van der Waals surface area contributed by atoms with E-state index in [9.17, 15) is 0 Å². The Morgan fingerprint density at radius 2 is 1.67 bits per heavy atom. The summed E-state index contributed by atoms with van der Waals surface area (Å²) in [7, 11) is 0. The molecule has 0 heterocycles. The zero-order valence-corrected chi connectivity index (χ0v) is 9.25. The fraction of sp³-hybridized carbons (Fsp3) is 0.0769. The Balaban J connectivity index is 2.54. The zero-order valence-electron chi connectivity index (χ0n) is 8.50. The van der Waals surface area contributed by atoms with Crippen molar-refractivity contribution >= 4 is 17.3 Å². The molecule has 0 fully saturated rings. The summed E-state index contributed by atoms with van der Waals surface area (Å²) in [6.07, 6.45) is 0. The van der Waals surface area contributed by atoms with Gasteiger partial charge in [0.2, 0.25) is 0 Å². The molecule has 0 saturated carbocycles. The smallest absolute Gasteiger partial charge is 0.0406 e. The van der Waals surface area contributed by atoms with E-state index in [1.807, 2.05) is 43.3 Å². The topological polar surface area (TPSA) is 26.0 Å². The fourth-order valence-electron chi connectivity index (χ4n) is 1.60. The van der Waals surface area contributed by atoms with Gasteiger partial charge >= 0.3 is 0 Å². The van der Waals surface area contributed by atoms with E-state index < -0.39 is 0 Å². The highest BCUT2D eigenvalue weighted by Gasteiger charge is 2.03. The highest BCUT2D eigenvalue weighted by Crippen LogP contribution is 2.27. The second kappa shape index (κ2) is 3.95. The Labute approximate surface area is 94.5 Å². The van der Waals surface area contributed by atoms with Gasteiger partial charge < -0.3 is 5.73 Å². The fourth-order valence-corrected chi connectivity index (χ4v) is 1.72. The molecule has 0 amide bonds. The summed E-state index contributed by atoms with van der Waals surface area (Å²) in [4.78, 5) is 0. The van der Waals surface area contributed by atoms with Crippen LogP contribution in [0.1, 0.15) is 5.56 Å². The summed E-state index contributed by atoms with van der Waals surface area (Å²) in [6, 6.07) is 13.7. The maximum Gasteiger partial charge on any atom is 0.0406 e. The number of hydrogen-bond donors (Lipinski definition) is 1. The highest BCUT2D eigenvalue weighted by molar-refractivity contribution is 6.30. The summed E-state index contributed by atoms with van der Waals surface area (Å²) in [5.74, 6) is 0. The van der Waals surface area contributed by atoms with Crippen molar-refractivity contribution in [3.05, 3.63) is 53.1 Å². The largest absolute Gasteiger partial charge is 0.398 e. The molecule has 2 N–H and O–H groups in total. The number of halogens is 1. The SMILES string of the molecule is Cc1c(N)cccc1-c1ccc(Cl)cc1. The molecule has 0 aromatic heterocycles. The molecule has 2 aromatic carbocycles. The minimum atomic E-state index is 0.750. The third-order valence-electron chi connectivity index (χ3n) is 2.53. The van der Waals surface area contributed by atoms with Gasteiger partial charge in [-0.25, -0.2) is 0 Å². The first-order valence-corrected chi connectivity index (χ1v) is 5.17. The second-order valence-corrected chi connectivity index (χ2v) is 3.96. The van der Waals surface area contributed by atoms with Gasteiger partial charge in [0, 0.05) is 10.7 Å². The van der Waals surface area contributed by atoms with Crippen LogP contribution in [-0.2, 0) is 0 Å². The number of anilines is 1. The average Bonchev–Trinajstić information content (AvgIpc) is 2.24. The van der Waals surface area contributed by atoms with Crippen LogP contribution < -0.4 is 5.73 Å². The molecular weight excluding hydrogens is 206 g/mol. The Morgan fingerprint density at radius 1 is 1.00 bits per heavy atom. The van der Waals surface area contributed by atoms with Gasteiger partial charge in [-0.15, -0.1) is 0 Å². The molecule has 0 aliphatic carbocycles. The average molecular weight is 218 g/mol. The van der Waals surface area contributed by atoms with Gasteiger partial charge in [-0.2, -0.15) is 0 Å². The van der Waals surface area contributed by atoms with Gasteiger partial charge in [-0.05, 0) is 41.8 Å². The summed E-state index contributed by atoms with van der Waals surface area (Å²) in [5.41, 5.74) is 10.1. The molecule has 2 heteroatoms. The van der Waals surface area contributed by atoms with E-state index >= 15 is 0 Å². The molecule has 0 bridgehead atoms. The van der Waals surface area contributed by atoms with Crippen molar-refractivity contribution in [3.8, 4) is 11.1 Å². The van der Waals surface area contributed by atoms with Crippen LogP contribution in [0.2, 0.25) is 5.02 Å².